The third kappa shape index (κ3) is 51.5. The van der Waals surface area contributed by atoms with Crippen molar-refractivity contribution < 1.29 is 24.5 Å². The molecule has 0 aliphatic heterocycles. The zero-order chi connectivity index (χ0) is 47.9. The highest BCUT2D eigenvalue weighted by atomic mass is 16.5. The lowest BCUT2D eigenvalue weighted by Gasteiger charge is -2.20. The zero-order valence-electron chi connectivity index (χ0n) is 44.2. The molecule has 6 nitrogen and oxygen atoms in total. The number of hydrogen-bond acceptors (Lipinski definition) is 5. The molecule has 0 aromatic carbocycles. The summed E-state index contributed by atoms with van der Waals surface area (Å²) in [6.07, 6.45) is 69.0. The maximum atomic E-state index is 12.4. The van der Waals surface area contributed by atoms with Gasteiger partial charge < -0.3 is 20.3 Å². The van der Waals surface area contributed by atoms with Crippen LogP contribution >= 0.6 is 0 Å². The van der Waals surface area contributed by atoms with Gasteiger partial charge in [0.1, 0.15) is 0 Å². The van der Waals surface area contributed by atoms with E-state index in [1.807, 2.05) is 6.08 Å². The monoisotopic (exact) mass is 928 g/mol. The van der Waals surface area contributed by atoms with E-state index in [0.29, 0.717) is 19.4 Å². The van der Waals surface area contributed by atoms with Gasteiger partial charge in [0.15, 0.2) is 0 Å². The summed E-state index contributed by atoms with van der Waals surface area (Å²) in [5, 5.41) is 23.0. The smallest absolute Gasteiger partial charge is 0.305 e. The molecule has 0 heterocycles. The Morgan fingerprint density at radius 2 is 0.727 bits per heavy atom. The average Bonchev–Trinajstić information content (AvgIpc) is 3.32. The lowest BCUT2D eigenvalue weighted by molar-refractivity contribution is -0.143. The Labute approximate surface area is 411 Å². The molecule has 0 aliphatic rings. The van der Waals surface area contributed by atoms with Crippen molar-refractivity contribution in [3.8, 4) is 0 Å². The molecule has 2 atom stereocenters. The van der Waals surface area contributed by atoms with Crippen molar-refractivity contribution in [2.75, 3.05) is 13.2 Å². The first-order valence-electron chi connectivity index (χ1n) is 29.3. The molecule has 0 aromatic rings. The van der Waals surface area contributed by atoms with Crippen molar-refractivity contribution in [2.24, 2.45) is 0 Å². The maximum Gasteiger partial charge on any atom is 0.305 e. The van der Waals surface area contributed by atoms with E-state index in [1.54, 1.807) is 6.08 Å². The van der Waals surface area contributed by atoms with E-state index in [4.69, 9.17) is 4.74 Å². The van der Waals surface area contributed by atoms with Gasteiger partial charge in [-0.1, -0.05) is 256 Å². The Morgan fingerprint density at radius 1 is 0.409 bits per heavy atom. The summed E-state index contributed by atoms with van der Waals surface area (Å²) in [7, 11) is 0. The number of esters is 1. The summed E-state index contributed by atoms with van der Waals surface area (Å²) in [5.41, 5.74) is 0. The number of rotatable bonds is 54. The number of aliphatic hydroxyl groups excluding tert-OH is 2. The molecule has 0 bridgehead atoms. The van der Waals surface area contributed by atoms with Gasteiger partial charge in [-0.05, 0) is 77.0 Å². The molecule has 0 saturated heterocycles. The number of ether oxygens (including phenoxy) is 1. The molecule has 0 spiro atoms. The molecule has 66 heavy (non-hydrogen) atoms. The van der Waals surface area contributed by atoms with Crippen LogP contribution in [0.15, 0.2) is 36.5 Å². The van der Waals surface area contributed by atoms with Crippen LogP contribution in [0.5, 0.6) is 0 Å². The number of allylic oxidation sites excluding steroid dienone is 5. The number of nitrogens with one attached hydrogen (secondary N) is 1. The van der Waals surface area contributed by atoms with Crippen LogP contribution in [0, 0.1) is 0 Å². The predicted octanol–water partition coefficient (Wildman–Crippen LogP) is 18.0. The number of carbonyl (C=O) groups is 2. The zero-order valence-corrected chi connectivity index (χ0v) is 44.2. The molecule has 2 unspecified atom stereocenters. The van der Waals surface area contributed by atoms with Gasteiger partial charge in [-0.25, -0.2) is 0 Å². The van der Waals surface area contributed by atoms with Gasteiger partial charge in [-0.15, -0.1) is 0 Å². The predicted molar refractivity (Wildman–Crippen MR) is 287 cm³/mol. The number of amides is 1. The summed E-state index contributed by atoms with van der Waals surface area (Å²) in [6.45, 7) is 4.85. The number of hydrogen-bond donors (Lipinski definition) is 3. The van der Waals surface area contributed by atoms with E-state index in [-0.39, 0.29) is 18.5 Å². The van der Waals surface area contributed by atoms with Gasteiger partial charge in [0.05, 0.1) is 25.4 Å². The molecule has 0 rings (SSSR count). The van der Waals surface area contributed by atoms with Gasteiger partial charge in [-0.2, -0.15) is 0 Å². The molecule has 0 aromatic heterocycles. The third-order valence-corrected chi connectivity index (χ3v) is 13.4. The fourth-order valence-electron chi connectivity index (χ4n) is 8.84. The second-order valence-electron chi connectivity index (χ2n) is 20.0. The van der Waals surface area contributed by atoms with E-state index in [1.165, 1.54) is 238 Å². The van der Waals surface area contributed by atoms with Crippen molar-refractivity contribution >= 4 is 11.9 Å². The quantitative estimate of drug-likeness (QED) is 0.0321. The van der Waals surface area contributed by atoms with E-state index < -0.39 is 12.1 Å². The molecule has 1 amide bonds. The van der Waals surface area contributed by atoms with Crippen LogP contribution in [-0.2, 0) is 14.3 Å². The molecule has 388 valence electrons. The van der Waals surface area contributed by atoms with Crippen molar-refractivity contribution in [2.45, 2.75) is 321 Å². The molecule has 0 saturated carbocycles. The molecule has 0 fully saturated rings. The lowest BCUT2D eigenvalue weighted by atomic mass is 10.0. The van der Waals surface area contributed by atoms with Gasteiger partial charge in [-0.3, -0.25) is 9.59 Å². The molecule has 3 N–H and O–H groups in total. The second-order valence-corrected chi connectivity index (χ2v) is 20.0. The summed E-state index contributed by atoms with van der Waals surface area (Å²) in [5.74, 6) is -0.0659. The van der Waals surface area contributed by atoms with Crippen LogP contribution in [0.2, 0.25) is 0 Å². The molecule has 6 heteroatoms. The van der Waals surface area contributed by atoms with E-state index in [2.05, 4.69) is 43.5 Å². The topological polar surface area (TPSA) is 95.9 Å². The molecular weight excluding hydrogens is 815 g/mol. The Balaban J connectivity index is 3.38. The first-order chi connectivity index (χ1) is 32.5. The largest absolute Gasteiger partial charge is 0.466 e. The van der Waals surface area contributed by atoms with Crippen molar-refractivity contribution in [3.63, 3.8) is 0 Å². The molecule has 0 aliphatic carbocycles. The number of carbonyl (C=O) groups excluding carboxylic acids is 2. The van der Waals surface area contributed by atoms with Gasteiger partial charge in [0, 0.05) is 12.8 Å². The van der Waals surface area contributed by atoms with Gasteiger partial charge in [0.2, 0.25) is 5.91 Å². The van der Waals surface area contributed by atoms with Crippen molar-refractivity contribution in [1.82, 2.24) is 5.32 Å². The van der Waals surface area contributed by atoms with E-state index in [9.17, 15) is 19.8 Å². The van der Waals surface area contributed by atoms with Crippen molar-refractivity contribution in [3.05, 3.63) is 36.5 Å². The van der Waals surface area contributed by atoms with E-state index >= 15 is 0 Å². The Bertz CT molecular complexity index is 1070. The Kier molecular flexibility index (Phi) is 54.1. The number of aliphatic hydroxyl groups is 2. The Morgan fingerprint density at radius 3 is 1.12 bits per heavy atom. The van der Waals surface area contributed by atoms with Crippen LogP contribution in [0.25, 0.3) is 0 Å². The molecular formula is C60H113NO5. The van der Waals surface area contributed by atoms with Crippen LogP contribution < -0.4 is 5.32 Å². The van der Waals surface area contributed by atoms with Crippen LogP contribution in [0.4, 0.5) is 0 Å². The van der Waals surface area contributed by atoms with Gasteiger partial charge in [0.25, 0.3) is 0 Å². The fraction of sp³-hybridized carbons (Fsp3) is 0.867. The average molecular weight is 929 g/mol. The normalized spacial score (nSPS) is 12.8. The number of unbranched alkanes of at least 4 members (excludes halogenated alkanes) is 39. The van der Waals surface area contributed by atoms with Crippen LogP contribution in [-0.4, -0.2) is 47.4 Å². The van der Waals surface area contributed by atoms with Crippen LogP contribution in [0.3, 0.4) is 0 Å². The highest BCUT2D eigenvalue weighted by Gasteiger charge is 2.18. The highest BCUT2D eigenvalue weighted by Crippen LogP contribution is 2.16. The van der Waals surface area contributed by atoms with Gasteiger partial charge >= 0.3 is 5.97 Å². The minimum atomic E-state index is -0.842. The van der Waals surface area contributed by atoms with Crippen molar-refractivity contribution in [1.29, 1.82) is 0 Å². The first-order valence-corrected chi connectivity index (χ1v) is 29.3. The minimum Gasteiger partial charge on any atom is -0.466 e. The van der Waals surface area contributed by atoms with E-state index in [0.717, 1.165) is 44.9 Å². The molecule has 0 radical (unpaired) electrons. The second kappa shape index (κ2) is 55.7. The minimum absolute atomic E-state index is 0.00389. The Hall–Kier alpha value is -1.92. The highest BCUT2D eigenvalue weighted by molar-refractivity contribution is 5.76. The summed E-state index contributed by atoms with van der Waals surface area (Å²) >= 11 is 0. The summed E-state index contributed by atoms with van der Waals surface area (Å²) in [4.78, 5) is 24.4. The first kappa shape index (κ1) is 64.1. The summed E-state index contributed by atoms with van der Waals surface area (Å²) < 4.78 is 5.46. The third-order valence-electron chi connectivity index (χ3n) is 13.4. The SMILES string of the molecule is CCCC/C=C\CCCCCCCC(=O)OCCCCCCCCCCCCCC/C=C\CCCCCCCCCCCCCCC(=O)NC(CO)C(O)/C=C/CCCCCCCCCC. The van der Waals surface area contributed by atoms with Crippen LogP contribution in [0.1, 0.15) is 309 Å². The standard InChI is InChI=1S/C60H113NO5/c1-3-5-7-9-11-13-33-38-42-46-50-54-60(65)66-55-51-47-43-39-35-32-30-28-26-24-22-20-18-16-15-17-19-21-23-25-27-29-31-34-37-41-45-49-53-59(64)61-57(56-62)58(63)52-48-44-40-36-14-12-10-8-6-4-2/h9,11,15-16,48,52,57-58,62-63H,3-8,10,12-14,17-47,49-51,53-56H2,1-2H3,(H,61,64)/b11-9-,16-15-,52-48+. The fourth-order valence-corrected chi connectivity index (χ4v) is 8.84. The lowest BCUT2D eigenvalue weighted by Crippen LogP contribution is -2.45. The summed E-state index contributed by atoms with van der Waals surface area (Å²) in [6, 6.07) is -0.626. The maximum absolute atomic E-state index is 12.4.